The molecule has 3 aliphatic rings. The number of piperidine rings is 3. The Morgan fingerprint density at radius 3 is 2.76 bits per heavy atom. The summed E-state index contributed by atoms with van der Waals surface area (Å²) in [5.41, 5.74) is 1.06. The number of halogens is 2. The van der Waals surface area contributed by atoms with Crippen molar-refractivity contribution in [1.29, 1.82) is 0 Å². The van der Waals surface area contributed by atoms with Crippen LogP contribution in [0.4, 0.5) is 5.69 Å². The minimum Gasteiger partial charge on any atom is -0.379 e. The van der Waals surface area contributed by atoms with Crippen molar-refractivity contribution in [3.05, 3.63) is 21.9 Å². The van der Waals surface area contributed by atoms with Gasteiger partial charge in [-0.25, -0.2) is 4.98 Å². The van der Waals surface area contributed by atoms with Gasteiger partial charge in [-0.1, -0.05) is 11.6 Å². The highest BCUT2D eigenvalue weighted by molar-refractivity contribution is 9.10. The lowest BCUT2D eigenvalue weighted by atomic mass is 9.84. The molecule has 17 heavy (non-hydrogen) atoms. The summed E-state index contributed by atoms with van der Waals surface area (Å²) in [6, 6.07) is 2.57. The molecule has 1 N–H and O–H groups in total. The van der Waals surface area contributed by atoms with Crippen LogP contribution < -0.4 is 5.32 Å². The Bertz CT molecular complexity index is 418. The molecule has 0 radical (unpaired) electrons. The van der Waals surface area contributed by atoms with E-state index in [2.05, 4.69) is 31.1 Å². The predicted octanol–water partition coefficient (Wildman–Crippen LogP) is 3.00. The fraction of sp³-hybridized carbons (Fsp3) is 0.583. The van der Waals surface area contributed by atoms with Gasteiger partial charge in [-0.3, -0.25) is 0 Å². The Morgan fingerprint density at radius 1 is 1.41 bits per heavy atom. The molecule has 0 spiro atoms. The van der Waals surface area contributed by atoms with Crippen LogP contribution in [0.25, 0.3) is 0 Å². The second-order valence-electron chi connectivity index (χ2n) is 4.89. The minimum atomic E-state index is 0.518. The Hall–Kier alpha value is -0.320. The van der Waals surface area contributed by atoms with Crippen LogP contribution in [0, 0.1) is 5.92 Å². The number of nitrogens with one attached hydrogen (secondary N) is 1. The largest absolute Gasteiger partial charge is 0.379 e. The molecule has 92 valence electrons. The zero-order valence-corrected chi connectivity index (χ0v) is 11.8. The van der Waals surface area contributed by atoms with Gasteiger partial charge in [-0.2, -0.15) is 0 Å². The van der Waals surface area contributed by atoms with E-state index in [0.29, 0.717) is 11.2 Å². The maximum Gasteiger partial charge on any atom is 0.143 e. The smallest absolute Gasteiger partial charge is 0.143 e. The topological polar surface area (TPSA) is 28.2 Å². The first-order valence-electron chi connectivity index (χ1n) is 6.02. The van der Waals surface area contributed by atoms with Crippen LogP contribution in [-0.2, 0) is 0 Å². The van der Waals surface area contributed by atoms with E-state index in [4.69, 9.17) is 11.6 Å². The third kappa shape index (κ3) is 2.44. The second-order valence-corrected chi connectivity index (χ2v) is 6.10. The van der Waals surface area contributed by atoms with Crippen LogP contribution in [-0.4, -0.2) is 35.6 Å². The van der Waals surface area contributed by atoms with Gasteiger partial charge in [0.15, 0.2) is 0 Å². The SMILES string of the molecule is Clc1ncc(NC2CN3CCC2CC3)cc1Br. The van der Waals surface area contributed by atoms with Gasteiger partial charge in [-0.15, -0.1) is 0 Å². The molecule has 0 aromatic carbocycles. The second kappa shape index (κ2) is 4.75. The maximum atomic E-state index is 5.89. The van der Waals surface area contributed by atoms with E-state index >= 15 is 0 Å². The van der Waals surface area contributed by atoms with E-state index in [1.807, 2.05) is 12.3 Å². The quantitative estimate of drug-likeness (QED) is 0.850. The number of aromatic nitrogens is 1. The summed E-state index contributed by atoms with van der Waals surface area (Å²) >= 11 is 9.30. The van der Waals surface area contributed by atoms with Crippen molar-refractivity contribution in [2.75, 3.05) is 25.0 Å². The number of fused-ring (bicyclic) bond motifs is 3. The standard InChI is InChI=1S/C12H15BrClN3/c13-10-5-9(6-15-12(10)14)16-11-7-17-3-1-8(11)2-4-17/h5-6,8,11,16H,1-4,7H2. The molecule has 1 aromatic rings. The van der Waals surface area contributed by atoms with Crippen molar-refractivity contribution in [2.45, 2.75) is 18.9 Å². The van der Waals surface area contributed by atoms with E-state index in [-0.39, 0.29) is 0 Å². The van der Waals surface area contributed by atoms with Crippen molar-refractivity contribution in [3.63, 3.8) is 0 Å². The first-order valence-corrected chi connectivity index (χ1v) is 7.19. The Kier molecular flexibility index (Phi) is 3.28. The van der Waals surface area contributed by atoms with Gasteiger partial charge in [0.25, 0.3) is 0 Å². The Morgan fingerprint density at radius 2 is 2.18 bits per heavy atom. The molecule has 2 bridgehead atoms. The molecule has 5 heteroatoms. The molecule has 0 saturated carbocycles. The van der Waals surface area contributed by atoms with Gasteiger partial charge in [0.1, 0.15) is 5.15 Å². The van der Waals surface area contributed by atoms with E-state index in [9.17, 15) is 0 Å². The summed E-state index contributed by atoms with van der Waals surface area (Å²) < 4.78 is 0.852. The predicted molar refractivity (Wildman–Crippen MR) is 73.5 cm³/mol. The average Bonchev–Trinajstić information content (AvgIpc) is 2.35. The van der Waals surface area contributed by atoms with Crippen LogP contribution in [0.5, 0.6) is 0 Å². The third-order valence-electron chi connectivity index (χ3n) is 3.80. The zero-order valence-electron chi connectivity index (χ0n) is 9.50. The summed E-state index contributed by atoms with van der Waals surface area (Å²) in [5, 5.41) is 4.11. The number of hydrogen-bond acceptors (Lipinski definition) is 3. The molecular formula is C12H15BrClN3. The van der Waals surface area contributed by atoms with Crippen LogP contribution in [0.2, 0.25) is 5.15 Å². The molecule has 0 amide bonds. The third-order valence-corrected chi connectivity index (χ3v) is 4.94. The molecule has 4 rings (SSSR count). The summed E-state index contributed by atoms with van der Waals surface area (Å²) in [6.07, 6.45) is 4.45. The van der Waals surface area contributed by atoms with Gasteiger partial charge in [0.05, 0.1) is 16.4 Å². The Balaban J connectivity index is 1.72. The van der Waals surface area contributed by atoms with Crippen LogP contribution in [0.15, 0.2) is 16.7 Å². The molecule has 1 atom stereocenters. The molecule has 3 saturated heterocycles. The van der Waals surface area contributed by atoms with Crippen molar-refractivity contribution < 1.29 is 0 Å². The molecule has 1 unspecified atom stereocenters. The molecule has 3 fully saturated rings. The number of nitrogens with zero attached hydrogens (tertiary/aromatic N) is 2. The number of rotatable bonds is 2. The zero-order chi connectivity index (χ0) is 11.8. The fourth-order valence-electron chi connectivity index (χ4n) is 2.84. The van der Waals surface area contributed by atoms with E-state index < -0.39 is 0 Å². The van der Waals surface area contributed by atoms with E-state index in [1.54, 1.807) is 0 Å². The number of anilines is 1. The van der Waals surface area contributed by atoms with Gasteiger partial charge in [0.2, 0.25) is 0 Å². The van der Waals surface area contributed by atoms with E-state index in [0.717, 1.165) is 22.6 Å². The molecule has 3 nitrogen and oxygen atoms in total. The minimum absolute atomic E-state index is 0.518. The Labute approximate surface area is 115 Å². The van der Waals surface area contributed by atoms with Crippen LogP contribution in [0.1, 0.15) is 12.8 Å². The van der Waals surface area contributed by atoms with E-state index in [1.165, 1.54) is 25.9 Å². The van der Waals surface area contributed by atoms with Crippen molar-refractivity contribution >= 4 is 33.2 Å². The summed E-state index contributed by atoms with van der Waals surface area (Å²) in [4.78, 5) is 6.69. The summed E-state index contributed by atoms with van der Waals surface area (Å²) in [5.74, 6) is 0.814. The summed E-state index contributed by atoms with van der Waals surface area (Å²) in [6.45, 7) is 3.70. The first-order chi connectivity index (χ1) is 8.22. The molecule has 4 heterocycles. The monoisotopic (exact) mass is 315 g/mol. The molecule has 3 aliphatic heterocycles. The molecule has 1 aromatic heterocycles. The lowest BCUT2D eigenvalue weighted by Crippen LogP contribution is -2.53. The van der Waals surface area contributed by atoms with Crippen LogP contribution >= 0.6 is 27.5 Å². The van der Waals surface area contributed by atoms with Crippen molar-refractivity contribution in [1.82, 2.24) is 9.88 Å². The van der Waals surface area contributed by atoms with Gasteiger partial charge >= 0.3 is 0 Å². The average molecular weight is 317 g/mol. The molecular weight excluding hydrogens is 302 g/mol. The first kappa shape index (κ1) is 11.8. The van der Waals surface area contributed by atoms with Gasteiger partial charge < -0.3 is 10.2 Å². The van der Waals surface area contributed by atoms with Crippen LogP contribution in [0.3, 0.4) is 0 Å². The van der Waals surface area contributed by atoms with Crippen molar-refractivity contribution in [2.24, 2.45) is 5.92 Å². The fourth-order valence-corrected chi connectivity index (χ4v) is 3.30. The number of hydrogen-bond donors (Lipinski definition) is 1. The lowest BCUT2D eigenvalue weighted by Gasteiger charge is -2.45. The highest BCUT2D eigenvalue weighted by Gasteiger charge is 2.33. The normalized spacial score (nSPS) is 31.5. The lowest BCUT2D eigenvalue weighted by molar-refractivity contribution is 0.0975. The number of pyridine rings is 1. The molecule has 0 aliphatic carbocycles. The summed E-state index contributed by atoms with van der Waals surface area (Å²) in [7, 11) is 0. The highest BCUT2D eigenvalue weighted by Crippen LogP contribution is 2.30. The van der Waals surface area contributed by atoms with Gasteiger partial charge in [-0.05, 0) is 53.8 Å². The van der Waals surface area contributed by atoms with Gasteiger partial charge in [0, 0.05) is 12.6 Å². The van der Waals surface area contributed by atoms with Crippen molar-refractivity contribution in [3.8, 4) is 0 Å². The highest BCUT2D eigenvalue weighted by atomic mass is 79.9. The maximum absolute atomic E-state index is 5.89.